The minimum absolute atomic E-state index is 0.362. The average molecular weight is 236 g/mol. The molecule has 3 aliphatic rings. The molecule has 1 saturated heterocycles. The molecule has 96 valence electrons. The van der Waals surface area contributed by atoms with Gasteiger partial charge in [-0.2, -0.15) is 0 Å². The average Bonchev–Trinajstić information content (AvgIpc) is 3.11. The minimum Gasteiger partial charge on any atom is -0.356 e. The molecule has 2 N–H and O–H groups in total. The van der Waals surface area contributed by atoms with E-state index in [9.17, 15) is 4.79 Å². The number of fused-ring (bicyclic) bond motifs is 1. The van der Waals surface area contributed by atoms with Gasteiger partial charge in [0.1, 0.15) is 0 Å². The van der Waals surface area contributed by atoms with E-state index >= 15 is 0 Å². The van der Waals surface area contributed by atoms with Crippen molar-refractivity contribution in [2.45, 2.75) is 38.5 Å². The maximum atomic E-state index is 12.1. The lowest BCUT2D eigenvalue weighted by molar-refractivity contribution is -0.123. The monoisotopic (exact) mass is 236 g/mol. The molecule has 2 aliphatic carbocycles. The Morgan fingerprint density at radius 1 is 1.06 bits per heavy atom. The number of hydrogen-bond donors (Lipinski definition) is 2. The summed E-state index contributed by atoms with van der Waals surface area (Å²) in [5.74, 6) is 2.95. The van der Waals surface area contributed by atoms with Crippen LogP contribution in [0.15, 0.2) is 0 Å². The summed E-state index contributed by atoms with van der Waals surface area (Å²) in [5, 5.41) is 6.57. The third kappa shape index (κ3) is 2.49. The Labute approximate surface area is 104 Å². The first-order valence-corrected chi connectivity index (χ1v) is 7.34. The summed E-state index contributed by atoms with van der Waals surface area (Å²) >= 11 is 0. The molecule has 1 heterocycles. The predicted octanol–water partition coefficient (Wildman–Crippen LogP) is 1.54. The Morgan fingerprint density at radius 3 is 2.35 bits per heavy atom. The molecule has 2 unspecified atom stereocenters. The second-order valence-corrected chi connectivity index (χ2v) is 6.08. The van der Waals surface area contributed by atoms with Gasteiger partial charge in [-0.15, -0.1) is 0 Å². The summed E-state index contributed by atoms with van der Waals surface area (Å²) in [4.78, 5) is 12.1. The van der Waals surface area contributed by atoms with E-state index in [4.69, 9.17) is 0 Å². The van der Waals surface area contributed by atoms with E-state index in [1.54, 1.807) is 0 Å². The molecule has 0 aromatic carbocycles. The molecular weight excluding hydrogens is 212 g/mol. The zero-order chi connectivity index (χ0) is 11.7. The van der Waals surface area contributed by atoms with Crippen molar-refractivity contribution in [2.75, 3.05) is 19.6 Å². The molecule has 3 heteroatoms. The number of rotatable bonds is 3. The third-order valence-corrected chi connectivity index (χ3v) is 4.98. The highest BCUT2D eigenvalue weighted by molar-refractivity contribution is 5.82. The predicted molar refractivity (Wildman–Crippen MR) is 67.5 cm³/mol. The maximum Gasteiger partial charge on any atom is 0.223 e. The second kappa shape index (κ2) is 4.97. The third-order valence-electron chi connectivity index (χ3n) is 4.98. The van der Waals surface area contributed by atoms with Gasteiger partial charge in [0, 0.05) is 12.5 Å². The van der Waals surface area contributed by atoms with Crippen molar-refractivity contribution in [2.24, 2.45) is 23.7 Å². The van der Waals surface area contributed by atoms with Gasteiger partial charge in [0.25, 0.3) is 0 Å². The van der Waals surface area contributed by atoms with Crippen LogP contribution in [0.5, 0.6) is 0 Å². The first-order valence-electron chi connectivity index (χ1n) is 7.34. The Balaban J connectivity index is 1.41. The van der Waals surface area contributed by atoms with Crippen molar-refractivity contribution in [3.8, 4) is 0 Å². The quantitative estimate of drug-likeness (QED) is 0.780. The molecule has 17 heavy (non-hydrogen) atoms. The van der Waals surface area contributed by atoms with E-state index in [0.717, 1.165) is 31.5 Å². The molecule has 1 amide bonds. The summed E-state index contributed by atoms with van der Waals surface area (Å²) in [7, 11) is 0. The van der Waals surface area contributed by atoms with Crippen LogP contribution in [-0.2, 0) is 4.79 Å². The fourth-order valence-corrected chi connectivity index (χ4v) is 3.83. The first kappa shape index (κ1) is 11.5. The summed E-state index contributed by atoms with van der Waals surface area (Å²) in [6.45, 7) is 3.15. The molecule has 0 bridgehead atoms. The van der Waals surface area contributed by atoms with Gasteiger partial charge < -0.3 is 10.6 Å². The van der Waals surface area contributed by atoms with Crippen molar-refractivity contribution in [3.63, 3.8) is 0 Å². The Morgan fingerprint density at radius 2 is 1.71 bits per heavy atom. The number of piperidine rings is 1. The number of nitrogens with one attached hydrogen (secondary N) is 2. The number of carbonyl (C=O) groups is 1. The molecule has 2 atom stereocenters. The van der Waals surface area contributed by atoms with Crippen molar-refractivity contribution >= 4 is 5.91 Å². The van der Waals surface area contributed by atoms with Gasteiger partial charge in [-0.3, -0.25) is 4.79 Å². The number of carbonyl (C=O) groups excluding carboxylic acids is 1. The molecule has 0 spiro atoms. The van der Waals surface area contributed by atoms with E-state index in [1.807, 2.05) is 0 Å². The van der Waals surface area contributed by atoms with E-state index in [1.165, 1.54) is 38.5 Å². The molecule has 2 saturated carbocycles. The second-order valence-electron chi connectivity index (χ2n) is 6.08. The zero-order valence-corrected chi connectivity index (χ0v) is 10.6. The lowest BCUT2D eigenvalue weighted by Crippen LogP contribution is -2.36. The zero-order valence-electron chi connectivity index (χ0n) is 10.6. The molecule has 1 aliphatic heterocycles. The summed E-state index contributed by atoms with van der Waals surface area (Å²) < 4.78 is 0. The van der Waals surface area contributed by atoms with Crippen molar-refractivity contribution < 1.29 is 4.79 Å². The summed E-state index contributed by atoms with van der Waals surface area (Å²) in [6, 6.07) is 0. The smallest absolute Gasteiger partial charge is 0.223 e. The molecule has 3 nitrogen and oxygen atoms in total. The van der Waals surface area contributed by atoms with Crippen molar-refractivity contribution in [1.82, 2.24) is 10.6 Å². The molecular formula is C14H24N2O. The van der Waals surface area contributed by atoms with Crippen molar-refractivity contribution in [1.29, 1.82) is 0 Å². The van der Waals surface area contributed by atoms with Gasteiger partial charge in [0.2, 0.25) is 5.91 Å². The van der Waals surface area contributed by atoms with Crippen LogP contribution < -0.4 is 10.6 Å². The van der Waals surface area contributed by atoms with Gasteiger partial charge in [0.15, 0.2) is 0 Å². The topological polar surface area (TPSA) is 41.1 Å². The highest BCUT2D eigenvalue weighted by Gasteiger charge is 2.54. The highest BCUT2D eigenvalue weighted by Crippen LogP contribution is 2.55. The Kier molecular flexibility index (Phi) is 3.37. The fraction of sp³-hybridized carbons (Fsp3) is 0.929. The van der Waals surface area contributed by atoms with Gasteiger partial charge >= 0.3 is 0 Å². The van der Waals surface area contributed by atoms with Crippen LogP contribution in [0, 0.1) is 23.7 Å². The van der Waals surface area contributed by atoms with Crippen LogP contribution in [0.25, 0.3) is 0 Å². The standard InChI is InChI=1S/C14H24N2O/c17-14(13-11-3-1-2-4-12(11)13)16-9-10-5-7-15-8-6-10/h10-13,15H,1-9H2,(H,16,17). The van der Waals surface area contributed by atoms with Gasteiger partial charge in [-0.05, 0) is 56.5 Å². The van der Waals surface area contributed by atoms with E-state index < -0.39 is 0 Å². The minimum atomic E-state index is 0.362. The number of amides is 1. The van der Waals surface area contributed by atoms with E-state index in [2.05, 4.69) is 10.6 Å². The first-order chi connectivity index (χ1) is 8.36. The van der Waals surface area contributed by atoms with Crippen LogP contribution in [0.3, 0.4) is 0 Å². The van der Waals surface area contributed by atoms with Crippen LogP contribution in [0.2, 0.25) is 0 Å². The molecule has 0 aromatic heterocycles. The van der Waals surface area contributed by atoms with Gasteiger partial charge in [-0.25, -0.2) is 0 Å². The van der Waals surface area contributed by atoms with Gasteiger partial charge in [0.05, 0.1) is 0 Å². The Hall–Kier alpha value is -0.570. The molecule has 0 radical (unpaired) electrons. The van der Waals surface area contributed by atoms with E-state index in [-0.39, 0.29) is 0 Å². The van der Waals surface area contributed by atoms with Crippen molar-refractivity contribution in [3.05, 3.63) is 0 Å². The fourth-order valence-electron chi connectivity index (χ4n) is 3.83. The highest BCUT2D eigenvalue weighted by atomic mass is 16.2. The van der Waals surface area contributed by atoms with Crippen LogP contribution in [0.4, 0.5) is 0 Å². The molecule has 0 aromatic rings. The lowest BCUT2D eigenvalue weighted by Gasteiger charge is -2.22. The van der Waals surface area contributed by atoms with Crippen LogP contribution in [-0.4, -0.2) is 25.5 Å². The summed E-state index contributed by atoms with van der Waals surface area (Å²) in [5.41, 5.74) is 0. The van der Waals surface area contributed by atoms with Gasteiger partial charge in [-0.1, -0.05) is 12.8 Å². The molecule has 3 rings (SSSR count). The maximum absolute atomic E-state index is 12.1. The summed E-state index contributed by atoms with van der Waals surface area (Å²) in [6.07, 6.45) is 7.74. The normalized spacial score (nSPS) is 37.3. The SMILES string of the molecule is O=C(NCC1CCNCC1)C1C2CCCCC21. The molecule has 3 fully saturated rings. The Bertz CT molecular complexity index is 274. The van der Waals surface area contributed by atoms with E-state index in [0.29, 0.717) is 17.7 Å². The largest absolute Gasteiger partial charge is 0.356 e. The van der Waals surface area contributed by atoms with Crippen LogP contribution in [0.1, 0.15) is 38.5 Å². The van der Waals surface area contributed by atoms with Crippen LogP contribution >= 0.6 is 0 Å². The number of hydrogen-bond acceptors (Lipinski definition) is 2. The lowest BCUT2D eigenvalue weighted by atomic mass is 9.98.